The van der Waals surface area contributed by atoms with Crippen LogP contribution in [-0.2, 0) is 6.42 Å². The van der Waals surface area contributed by atoms with Crippen LogP contribution in [0.3, 0.4) is 0 Å². The molecule has 5 nitrogen and oxygen atoms in total. The summed E-state index contributed by atoms with van der Waals surface area (Å²) >= 11 is 3.12. The normalized spacial score (nSPS) is 11.3. The second kappa shape index (κ2) is 6.30. The number of anilines is 1. The molecule has 2 aromatic rings. The Morgan fingerprint density at radius 1 is 1.23 bits per heavy atom. The molecule has 2 rings (SSSR count). The van der Waals surface area contributed by atoms with Crippen LogP contribution in [0.4, 0.5) is 18.9 Å². The Morgan fingerprint density at radius 2 is 1.95 bits per heavy atom. The molecular weight excluding hydrogens is 367 g/mol. The van der Waals surface area contributed by atoms with E-state index in [1.807, 2.05) is 0 Å². The summed E-state index contributed by atoms with van der Waals surface area (Å²) in [4.78, 5) is 12.0. The predicted molar refractivity (Wildman–Crippen MR) is 75.3 cm³/mol. The van der Waals surface area contributed by atoms with Gasteiger partial charge in [-0.1, -0.05) is 0 Å². The summed E-state index contributed by atoms with van der Waals surface area (Å²) in [5.74, 6) is -0.894. The average molecular weight is 376 g/mol. The topological polar surface area (TPSA) is 78.1 Å². The monoisotopic (exact) mass is 375 g/mol. The van der Waals surface area contributed by atoms with Crippen LogP contribution in [0.15, 0.2) is 34.9 Å². The van der Waals surface area contributed by atoms with Crippen molar-refractivity contribution in [1.29, 1.82) is 0 Å². The number of ether oxygens (including phenoxy) is 1. The zero-order valence-electron chi connectivity index (χ0n) is 10.9. The zero-order chi connectivity index (χ0) is 16.3. The Morgan fingerprint density at radius 3 is 2.50 bits per heavy atom. The van der Waals surface area contributed by atoms with Crippen molar-refractivity contribution >= 4 is 27.4 Å². The maximum Gasteiger partial charge on any atom is 0.573 e. The maximum atomic E-state index is 12.1. The smallest absolute Gasteiger partial charge is 0.404 e. The van der Waals surface area contributed by atoms with Crippen LogP contribution in [0.25, 0.3) is 0 Å². The number of carbonyl (C=O) groups is 1. The Balaban J connectivity index is 2.13. The van der Waals surface area contributed by atoms with E-state index in [2.05, 4.69) is 30.9 Å². The minimum Gasteiger partial charge on any atom is -0.404 e. The molecule has 1 heterocycles. The summed E-state index contributed by atoms with van der Waals surface area (Å²) < 4.78 is 40.7. The minimum atomic E-state index is -4.84. The van der Waals surface area contributed by atoms with Crippen molar-refractivity contribution in [3.8, 4) is 5.75 Å². The molecule has 0 spiro atoms. The molecule has 22 heavy (non-hydrogen) atoms. The van der Waals surface area contributed by atoms with Crippen molar-refractivity contribution in [2.75, 3.05) is 5.73 Å². The summed E-state index contributed by atoms with van der Waals surface area (Å²) in [5.41, 5.74) is 5.79. The molecule has 116 valence electrons. The van der Waals surface area contributed by atoms with Crippen LogP contribution >= 0.6 is 15.9 Å². The highest BCUT2D eigenvalue weighted by atomic mass is 79.9. The van der Waals surface area contributed by atoms with Crippen LogP contribution in [0.2, 0.25) is 0 Å². The van der Waals surface area contributed by atoms with Gasteiger partial charge in [-0.05, 0) is 46.3 Å². The van der Waals surface area contributed by atoms with Crippen molar-refractivity contribution in [3.05, 3.63) is 46.2 Å². The molecular formula is C13H9BrF3N3O2. The van der Waals surface area contributed by atoms with E-state index in [9.17, 15) is 18.0 Å². The lowest BCUT2D eigenvalue weighted by molar-refractivity contribution is -0.274. The fraction of sp³-hybridized carbons (Fsp3) is 0.154. The number of aromatic nitrogens is 2. The maximum absolute atomic E-state index is 12.1. The number of halogens is 4. The minimum absolute atomic E-state index is 0.0425. The standard InChI is InChI=1S/C13H9BrF3N3O2/c14-12-4-2-8(19-20-12)6-10(21)7-1-3-11(9(18)5-7)22-13(15,16)17/h1-5H,6,18H2. The summed E-state index contributed by atoms with van der Waals surface area (Å²) in [5, 5.41) is 7.55. The van der Waals surface area contributed by atoms with E-state index in [1.54, 1.807) is 12.1 Å². The second-order valence-corrected chi connectivity index (χ2v) is 5.06. The lowest BCUT2D eigenvalue weighted by Gasteiger charge is -2.11. The number of carbonyl (C=O) groups excluding carboxylic acids is 1. The van der Waals surface area contributed by atoms with Gasteiger partial charge in [0.25, 0.3) is 0 Å². The molecule has 0 fully saturated rings. The van der Waals surface area contributed by atoms with Crippen LogP contribution in [0, 0.1) is 0 Å². The molecule has 0 aliphatic carbocycles. The number of nitrogens with zero attached hydrogens (tertiary/aromatic N) is 2. The Labute approximate surface area is 131 Å². The van der Waals surface area contributed by atoms with Gasteiger partial charge in [0, 0.05) is 5.56 Å². The fourth-order valence-electron chi connectivity index (χ4n) is 1.64. The summed E-state index contributed by atoms with van der Waals surface area (Å²) in [6.07, 6.45) is -4.88. The highest BCUT2D eigenvalue weighted by molar-refractivity contribution is 9.10. The lowest BCUT2D eigenvalue weighted by Crippen LogP contribution is -2.18. The van der Waals surface area contributed by atoms with Gasteiger partial charge in [-0.2, -0.15) is 5.10 Å². The number of Topliss-reactive ketones (excluding diaryl/α,β-unsaturated/α-hetero) is 1. The van der Waals surface area contributed by atoms with E-state index in [-0.39, 0.29) is 23.5 Å². The van der Waals surface area contributed by atoms with Gasteiger partial charge in [0.2, 0.25) is 0 Å². The number of rotatable bonds is 4. The quantitative estimate of drug-likeness (QED) is 0.655. The van der Waals surface area contributed by atoms with E-state index in [0.29, 0.717) is 10.3 Å². The van der Waals surface area contributed by atoms with Gasteiger partial charge in [0.1, 0.15) is 4.60 Å². The Bertz CT molecular complexity index is 690. The molecule has 2 N–H and O–H groups in total. The van der Waals surface area contributed by atoms with Crippen molar-refractivity contribution in [2.45, 2.75) is 12.8 Å². The van der Waals surface area contributed by atoms with Gasteiger partial charge in [-0.15, -0.1) is 18.3 Å². The third kappa shape index (κ3) is 4.42. The van der Waals surface area contributed by atoms with Crippen LogP contribution in [0.1, 0.15) is 16.1 Å². The molecule has 1 aromatic heterocycles. The molecule has 9 heteroatoms. The largest absolute Gasteiger partial charge is 0.573 e. The third-order valence-corrected chi connectivity index (χ3v) is 3.01. The van der Waals surface area contributed by atoms with E-state index in [4.69, 9.17) is 5.73 Å². The molecule has 1 aromatic carbocycles. The average Bonchev–Trinajstić information content (AvgIpc) is 2.42. The number of ketones is 1. The van der Waals surface area contributed by atoms with E-state index in [1.165, 1.54) is 6.07 Å². The van der Waals surface area contributed by atoms with Gasteiger partial charge in [-0.3, -0.25) is 4.79 Å². The molecule has 0 saturated carbocycles. The van der Waals surface area contributed by atoms with Gasteiger partial charge >= 0.3 is 6.36 Å². The summed E-state index contributed by atoms with van der Waals surface area (Å²) in [6, 6.07) is 6.59. The molecule has 0 radical (unpaired) electrons. The first-order chi connectivity index (χ1) is 10.2. The van der Waals surface area contributed by atoms with Crippen LogP contribution in [0.5, 0.6) is 5.75 Å². The van der Waals surface area contributed by atoms with Crippen molar-refractivity contribution in [2.24, 2.45) is 0 Å². The molecule has 0 aliphatic rings. The van der Waals surface area contributed by atoms with Crippen molar-refractivity contribution < 1.29 is 22.7 Å². The first-order valence-electron chi connectivity index (χ1n) is 5.91. The molecule has 0 saturated heterocycles. The molecule has 0 unspecified atom stereocenters. The van der Waals surface area contributed by atoms with Gasteiger partial charge in [0.05, 0.1) is 17.8 Å². The zero-order valence-corrected chi connectivity index (χ0v) is 12.5. The molecule has 0 amide bonds. The SMILES string of the molecule is Nc1cc(C(=O)Cc2ccc(Br)nn2)ccc1OC(F)(F)F. The third-order valence-electron chi connectivity index (χ3n) is 2.59. The predicted octanol–water partition coefficient (Wildman–Crippen LogP) is 3.15. The second-order valence-electron chi connectivity index (χ2n) is 4.25. The summed E-state index contributed by atoms with van der Waals surface area (Å²) in [6.45, 7) is 0. The number of nitrogens with two attached hydrogens (primary N) is 1. The summed E-state index contributed by atoms with van der Waals surface area (Å²) in [7, 11) is 0. The molecule has 0 atom stereocenters. The van der Waals surface area contributed by atoms with Crippen LogP contribution in [-0.4, -0.2) is 22.3 Å². The highest BCUT2D eigenvalue weighted by Crippen LogP contribution is 2.29. The van der Waals surface area contributed by atoms with Crippen LogP contribution < -0.4 is 10.5 Å². The van der Waals surface area contributed by atoms with E-state index in [0.717, 1.165) is 12.1 Å². The number of benzene rings is 1. The van der Waals surface area contributed by atoms with Crippen molar-refractivity contribution in [1.82, 2.24) is 10.2 Å². The van der Waals surface area contributed by atoms with Gasteiger partial charge in [0.15, 0.2) is 11.5 Å². The first-order valence-corrected chi connectivity index (χ1v) is 6.70. The lowest BCUT2D eigenvalue weighted by atomic mass is 10.1. The van der Waals surface area contributed by atoms with Gasteiger partial charge in [-0.25, -0.2) is 0 Å². The number of hydrogen-bond donors (Lipinski definition) is 1. The van der Waals surface area contributed by atoms with E-state index < -0.39 is 12.1 Å². The van der Waals surface area contributed by atoms with E-state index >= 15 is 0 Å². The fourth-order valence-corrected chi connectivity index (χ4v) is 1.86. The molecule has 0 bridgehead atoms. The van der Waals surface area contributed by atoms with Gasteiger partial charge < -0.3 is 10.5 Å². The first kappa shape index (κ1) is 16.2. The molecule has 0 aliphatic heterocycles. The number of alkyl halides is 3. The Kier molecular flexibility index (Phi) is 4.65. The Hall–Kier alpha value is -2.16. The number of hydrogen-bond acceptors (Lipinski definition) is 5. The van der Waals surface area contributed by atoms with Crippen molar-refractivity contribution in [3.63, 3.8) is 0 Å². The highest BCUT2D eigenvalue weighted by Gasteiger charge is 2.32. The number of nitrogen functional groups attached to an aromatic ring is 1.